The molecule has 1 N–H and O–H groups in total. The summed E-state index contributed by atoms with van der Waals surface area (Å²) >= 11 is 1.64. The summed E-state index contributed by atoms with van der Waals surface area (Å²) in [5.74, 6) is 1.95. The number of nitrogens with zero attached hydrogens (tertiary/aromatic N) is 3. The van der Waals surface area contributed by atoms with E-state index in [9.17, 15) is 8.42 Å². The summed E-state index contributed by atoms with van der Waals surface area (Å²) in [6.45, 7) is 3.96. The number of aromatic nitrogens is 2. The molecule has 112 valence electrons. The largest absolute Gasteiger partial charge is 0.392 e. The Kier molecular flexibility index (Phi) is 4.87. The summed E-state index contributed by atoms with van der Waals surface area (Å²) in [5, 5.41) is 8.58. The van der Waals surface area contributed by atoms with Crippen LogP contribution in [0.25, 0.3) is 0 Å². The molecule has 0 saturated carbocycles. The maximum atomic E-state index is 12.2. The Morgan fingerprint density at radius 3 is 2.90 bits per heavy atom. The molecule has 1 aromatic rings. The number of aliphatic hydroxyl groups is 1. The van der Waals surface area contributed by atoms with Crippen LogP contribution in [0, 0.1) is 6.92 Å². The third-order valence-electron chi connectivity index (χ3n) is 3.40. The Bertz CT molecular complexity index is 577. The summed E-state index contributed by atoms with van der Waals surface area (Å²) in [6, 6.07) is 0. The van der Waals surface area contributed by atoms with Crippen molar-refractivity contribution in [3.63, 3.8) is 0 Å². The molecule has 0 aromatic carbocycles. The van der Waals surface area contributed by atoms with Crippen molar-refractivity contribution in [3.8, 4) is 0 Å². The van der Waals surface area contributed by atoms with Gasteiger partial charge in [0.25, 0.3) is 0 Å². The van der Waals surface area contributed by atoms with Gasteiger partial charge in [0.05, 0.1) is 6.61 Å². The number of hydrogen-bond acceptors (Lipinski definition) is 7. The van der Waals surface area contributed by atoms with Crippen LogP contribution in [-0.4, -0.2) is 52.7 Å². The van der Waals surface area contributed by atoms with Crippen LogP contribution in [0.3, 0.4) is 0 Å². The molecule has 2 rings (SSSR count). The molecule has 1 saturated heterocycles. The molecule has 1 aliphatic heterocycles. The summed E-state index contributed by atoms with van der Waals surface area (Å²) < 4.78 is 24.4. The molecule has 1 unspecified atom stereocenters. The van der Waals surface area contributed by atoms with Crippen molar-refractivity contribution in [1.29, 1.82) is 0 Å². The van der Waals surface area contributed by atoms with Gasteiger partial charge in [-0.15, -0.1) is 0 Å². The predicted octanol–water partition coefficient (Wildman–Crippen LogP) is 0.591. The van der Waals surface area contributed by atoms with Crippen LogP contribution >= 0.6 is 11.8 Å². The second-order valence-electron chi connectivity index (χ2n) is 4.61. The highest BCUT2D eigenvalue weighted by Gasteiger charge is 2.34. The second-order valence-corrected chi connectivity index (χ2v) is 8.21. The van der Waals surface area contributed by atoms with E-state index in [1.165, 1.54) is 0 Å². The van der Waals surface area contributed by atoms with Crippen LogP contribution in [0.2, 0.25) is 0 Å². The monoisotopic (exact) mass is 317 g/mol. The third-order valence-corrected chi connectivity index (χ3v) is 6.69. The first-order chi connectivity index (χ1) is 9.49. The SMILES string of the molecule is CCS(=O)(=O)C1CSCCN1c1ncc(CO)c(C)n1. The van der Waals surface area contributed by atoms with Crippen molar-refractivity contribution in [2.45, 2.75) is 25.8 Å². The van der Waals surface area contributed by atoms with E-state index >= 15 is 0 Å². The van der Waals surface area contributed by atoms with Crippen LogP contribution in [0.15, 0.2) is 6.20 Å². The Balaban J connectivity index is 2.35. The highest BCUT2D eigenvalue weighted by molar-refractivity contribution is 8.01. The molecule has 1 atom stereocenters. The molecule has 0 aliphatic carbocycles. The molecular formula is C12H19N3O3S2. The smallest absolute Gasteiger partial charge is 0.226 e. The lowest BCUT2D eigenvalue weighted by Crippen LogP contribution is -2.48. The zero-order chi connectivity index (χ0) is 14.8. The number of rotatable bonds is 4. The normalized spacial score (nSPS) is 20.1. The van der Waals surface area contributed by atoms with Gasteiger partial charge in [-0.25, -0.2) is 18.4 Å². The summed E-state index contributed by atoms with van der Waals surface area (Å²) in [4.78, 5) is 10.3. The minimum atomic E-state index is -3.17. The van der Waals surface area contributed by atoms with Gasteiger partial charge in [-0.2, -0.15) is 11.8 Å². The number of thioether (sulfide) groups is 1. The second kappa shape index (κ2) is 6.28. The van der Waals surface area contributed by atoms with Crippen molar-refractivity contribution in [1.82, 2.24) is 9.97 Å². The van der Waals surface area contributed by atoms with Gasteiger partial charge in [-0.1, -0.05) is 6.92 Å². The first-order valence-electron chi connectivity index (χ1n) is 6.49. The van der Waals surface area contributed by atoms with Gasteiger partial charge in [0.2, 0.25) is 5.95 Å². The van der Waals surface area contributed by atoms with E-state index in [0.717, 1.165) is 5.75 Å². The van der Waals surface area contributed by atoms with Crippen LogP contribution in [-0.2, 0) is 16.4 Å². The van der Waals surface area contributed by atoms with Crippen LogP contribution < -0.4 is 4.90 Å². The fraction of sp³-hybridized carbons (Fsp3) is 0.667. The zero-order valence-electron chi connectivity index (χ0n) is 11.6. The topological polar surface area (TPSA) is 83.4 Å². The van der Waals surface area contributed by atoms with E-state index in [2.05, 4.69) is 9.97 Å². The van der Waals surface area contributed by atoms with Crippen molar-refractivity contribution in [3.05, 3.63) is 17.5 Å². The van der Waals surface area contributed by atoms with Gasteiger partial charge in [-0.3, -0.25) is 0 Å². The number of aliphatic hydroxyl groups excluding tert-OH is 1. The fourth-order valence-electron chi connectivity index (χ4n) is 2.07. The van der Waals surface area contributed by atoms with E-state index in [-0.39, 0.29) is 12.4 Å². The Labute approximate surface area is 123 Å². The van der Waals surface area contributed by atoms with E-state index < -0.39 is 15.2 Å². The van der Waals surface area contributed by atoms with Crippen LogP contribution in [0.4, 0.5) is 5.95 Å². The predicted molar refractivity (Wildman–Crippen MR) is 80.6 cm³/mol. The maximum absolute atomic E-state index is 12.2. The van der Waals surface area contributed by atoms with Crippen molar-refractivity contribution >= 4 is 27.5 Å². The van der Waals surface area contributed by atoms with Crippen LogP contribution in [0.1, 0.15) is 18.2 Å². The van der Waals surface area contributed by atoms with E-state index in [1.807, 2.05) is 0 Å². The standard InChI is InChI=1S/C12H19N3O3S2/c1-3-20(17,18)11-8-19-5-4-15(11)12-13-6-10(7-16)9(2)14-12/h6,11,16H,3-5,7-8H2,1-2H3. The Morgan fingerprint density at radius 2 is 2.30 bits per heavy atom. The lowest BCUT2D eigenvalue weighted by molar-refractivity contribution is 0.280. The minimum Gasteiger partial charge on any atom is -0.392 e. The van der Waals surface area contributed by atoms with Crippen LogP contribution in [0.5, 0.6) is 0 Å². The minimum absolute atomic E-state index is 0.112. The van der Waals surface area contributed by atoms with Gasteiger partial charge in [0.15, 0.2) is 9.84 Å². The highest BCUT2D eigenvalue weighted by atomic mass is 32.2. The van der Waals surface area contributed by atoms with E-state index in [1.54, 1.807) is 36.7 Å². The number of aryl methyl sites for hydroxylation is 1. The third kappa shape index (κ3) is 3.07. The molecule has 1 fully saturated rings. The number of sulfone groups is 1. The van der Waals surface area contributed by atoms with Crippen molar-refractivity contribution in [2.75, 3.05) is 28.7 Å². The quantitative estimate of drug-likeness (QED) is 0.870. The molecular weight excluding hydrogens is 298 g/mol. The molecule has 1 aliphatic rings. The maximum Gasteiger partial charge on any atom is 0.226 e. The summed E-state index contributed by atoms with van der Waals surface area (Å²) in [7, 11) is -3.17. The molecule has 8 heteroatoms. The van der Waals surface area contributed by atoms with Crippen molar-refractivity contribution in [2.24, 2.45) is 0 Å². The molecule has 0 radical (unpaired) electrons. The van der Waals surface area contributed by atoms with Crippen molar-refractivity contribution < 1.29 is 13.5 Å². The fourth-order valence-corrected chi connectivity index (χ4v) is 5.04. The summed E-state index contributed by atoms with van der Waals surface area (Å²) in [5.41, 5.74) is 1.35. The first-order valence-corrected chi connectivity index (χ1v) is 9.36. The lowest BCUT2D eigenvalue weighted by atomic mass is 10.2. The van der Waals surface area contributed by atoms with Gasteiger partial charge >= 0.3 is 0 Å². The summed E-state index contributed by atoms with van der Waals surface area (Å²) in [6.07, 6.45) is 1.56. The number of hydrogen-bond donors (Lipinski definition) is 1. The average Bonchev–Trinajstić information content (AvgIpc) is 2.47. The molecule has 20 heavy (non-hydrogen) atoms. The highest BCUT2D eigenvalue weighted by Crippen LogP contribution is 2.25. The average molecular weight is 317 g/mol. The van der Waals surface area contributed by atoms with Gasteiger partial charge < -0.3 is 10.0 Å². The zero-order valence-corrected chi connectivity index (χ0v) is 13.2. The number of anilines is 1. The molecule has 0 amide bonds. The first kappa shape index (κ1) is 15.5. The van der Waals surface area contributed by atoms with Gasteiger partial charge in [0, 0.05) is 41.3 Å². The lowest BCUT2D eigenvalue weighted by Gasteiger charge is -2.34. The van der Waals surface area contributed by atoms with E-state index in [0.29, 0.717) is 29.5 Å². The molecule has 0 bridgehead atoms. The molecule has 2 heterocycles. The Hall–Kier alpha value is -0.860. The van der Waals surface area contributed by atoms with Gasteiger partial charge in [0.1, 0.15) is 5.37 Å². The molecule has 6 nitrogen and oxygen atoms in total. The van der Waals surface area contributed by atoms with E-state index in [4.69, 9.17) is 5.11 Å². The van der Waals surface area contributed by atoms with Gasteiger partial charge in [-0.05, 0) is 6.92 Å². The Morgan fingerprint density at radius 1 is 1.55 bits per heavy atom. The molecule has 0 spiro atoms. The molecule has 1 aromatic heterocycles.